The molecule has 0 amide bonds. The van der Waals surface area contributed by atoms with Gasteiger partial charge in [0.25, 0.3) is 0 Å². The third kappa shape index (κ3) is 6.07. The van der Waals surface area contributed by atoms with Crippen LogP contribution in [0.5, 0.6) is 11.5 Å². The van der Waals surface area contributed by atoms with E-state index in [0.717, 1.165) is 15.6 Å². The highest BCUT2D eigenvalue weighted by molar-refractivity contribution is 9.10. The number of hydrogen-bond donors (Lipinski definition) is 2. The van der Waals surface area contributed by atoms with Gasteiger partial charge in [0.2, 0.25) is 0 Å². The van der Waals surface area contributed by atoms with Crippen LogP contribution in [0.1, 0.15) is 23.6 Å². The minimum absolute atomic E-state index is 0.0952. The van der Waals surface area contributed by atoms with Gasteiger partial charge in [0.05, 0.1) is 13.2 Å². The van der Waals surface area contributed by atoms with E-state index < -0.39 is 5.97 Å². The van der Waals surface area contributed by atoms with Crippen molar-refractivity contribution in [3.8, 4) is 11.5 Å². The molecular formula is C19H22BrNO4. The second kappa shape index (κ2) is 9.44. The summed E-state index contributed by atoms with van der Waals surface area (Å²) in [6, 6.07) is 11.9. The van der Waals surface area contributed by atoms with Crippen molar-refractivity contribution in [3.63, 3.8) is 0 Å². The zero-order chi connectivity index (χ0) is 18.2. The normalized spacial score (nSPS) is 10.5. The molecule has 0 heterocycles. The number of aryl methyl sites for hydroxylation is 1. The first kappa shape index (κ1) is 19.3. The summed E-state index contributed by atoms with van der Waals surface area (Å²) in [5.74, 6) is 0.403. The molecule has 0 aromatic heterocycles. The van der Waals surface area contributed by atoms with Crippen molar-refractivity contribution in [2.45, 2.75) is 27.0 Å². The van der Waals surface area contributed by atoms with E-state index in [2.05, 4.69) is 33.4 Å². The number of carbonyl (C=O) groups is 1. The quantitative estimate of drug-likeness (QED) is 0.659. The lowest BCUT2D eigenvalue weighted by Crippen LogP contribution is -2.22. The van der Waals surface area contributed by atoms with Crippen LogP contribution in [0.25, 0.3) is 0 Å². The molecule has 0 aliphatic heterocycles. The number of aliphatic carboxylic acids is 1. The first-order valence-electron chi connectivity index (χ1n) is 8.05. The summed E-state index contributed by atoms with van der Waals surface area (Å²) in [7, 11) is 0. The van der Waals surface area contributed by atoms with Crippen LogP contribution < -0.4 is 14.8 Å². The maximum absolute atomic E-state index is 10.6. The highest BCUT2D eigenvalue weighted by atomic mass is 79.9. The molecule has 0 saturated heterocycles. The maximum atomic E-state index is 10.6. The summed E-state index contributed by atoms with van der Waals surface area (Å²) in [5, 5.41) is 11.6. The molecule has 2 aromatic rings. The number of halogens is 1. The Labute approximate surface area is 156 Å². The fourth-order valence-electron chi connectivity index (χ4n) is 2.24. The van der Waals surface area contributed by atoms with Crippen LogP contribution in [0, 0.1) is 6.92 Å². The molecule has 2 aromatic carbocycles. The van der Waals surface area contributed by atoms with Crippen LogP contribution in [-0.4, -0.2) is 24.2 Å². The molecule has 134 valence electrons. The number of ether oxygens (including phenoxy) is 2. The van der Waals surface area contributed by atoms with E-state index in [-0.39, 0.29) is 6.54 Å². The summed E-state index contributed by atoms with van der Waals surface area (Å²) in [6.45, 7) is 5.25. The number of rotatable bonds is 9. The van der Waals surface area contributed by atoms with E-state index >= 15 is 0 Å². The van der Waals surface area contributed by atoms with Gasteiger partial charge in [-0.15, -0.1) is 0 Å². The SMILES string of the molecule is CCOc1cc(CNCC(=O)O)c(Br)cc1OCc1ccc(C)cc1. The van der Waals surface area contributed by atoms with Crippen molar-refractivity contribution in [2.24, 2.45) is 0 Å². The van der Waals surface area contributed by atoms with E-state index in [4.69, 9.17) is 14.6 Å². The third-order valence-corrected chi connectivity index (χ3v) is 4.26. The molecule has 2 rings (SSSR count). The van der Waals surface area contributed by atoms with Gasteiger partial charge in [-0.1, -0.05) is 45.8 Å². The highest BCUT2D eigenvalue weighted by Crippen LogP contribution is 2.34. The maximum Gasteiger partial charge on any atom is 0.317 e. The molecule has 0 unspecified atom stereocenters. The second-order valence-corrected chi connectivity index (χ2v) is 6.45. The van der Waals surface area contributed by atoms with Crippen LogP contribution in [-0.2, 0) is 17.9 Å². The predicted octanol–water partition coefficient (Wildman–Crippen LogP) is 3.91. The van der Waals surface area contributed by atoms with Crippen LogP contribution in [0.3, 0.4) is 0 Å². The van der Waals surface area contributed by atoms with Crippen molar-refractivity contribution >= 4 is 21.9 Å². The molecule has 0 atom stereocenters. The molecule has 2 N–H and O–H groups in total. The van der Waals surface area contributed by atoms with E-state index in [9.17, 15) is 4.79 Å². The Morgan fingerprint density at radius 2 is 1.84 bits per heavy atom. The zero-order valence-corrected chi connectivity index (χ0v) is 15.9. The molecule has 25 heavy (non-hydrogen) atoms. The molecule has 0 saturated carbocycles. The van der Waals surface area contributed by atoms with E-state index in [1.54, 1.807) is 0 Å². The first-order chi connectivity index (χ1) is 12.0. The average Bonchev–Trinajstić information content (AvgIpc) is 2.57. The highest BCUT2D eigenvalue weighted by Gasteiger charge is 2.11. The number of hydrogen-bond acceptors (Lipinski definition) is 4. The van der Waals surface area contributed by atoms with Gasteiger partial charge in [-0.05, 0) is 37.1 Å². The minimum atomic E-state index is -0.890. The van der Waals surface area contributed by atoms with Crippen LogP contribution in [0.4, 0.5) is 0 Å². The van der Waals surface area contributed by atoms with Gasteiger partial charge in [-0.25, -0.2) is 0 Å². The molecule has 0 aliphatic rings. The number of benzene rings is 2. The monoisotopic (exact) mass is 407 g/mol. The van der Waals surface area contributed by atoms with Gasteiger partial charge in [0, 0.05) is 11.0 Å². The van der Waals surface area contributed by atoms with Gasteiger partial charge in [0.1, 0.15) is 6.61 Å². The third-order valence-electron chi connectivity index (χ3n) is 3.52. The fraction of sp³-hybridized carbons (Fsp3) is 0.316. The number of carboxylic acid groups (broad SMARTS) is 1. The van der Waals surface area contributed by atoms with E-state index in [1.165, 1.54) is 5.56 Å². The lowest BCUT2D eigenvalue weighted by atomic mass is 10.1. The fourth-order valence-corrected chi connectivity index (χ4v) is 2.71. The Hall–Kier alpha value is -2.05. The summed E-state index contributed by atoms with van der Waals surface area (Å²) >= 11 is 3.51. The summed E-state index contributed by atoms with van der Waals surface area (Å²) in [5.41, 5.74) is 3.20. The van der Waals surface area contributed by atoms with Crippen molar-refractivity contribution in [2.75, 3.05) is 13.2 Å². The standard InChI is InChI=1S/C19H22BrNO4/c1-3-24-17-8-15(10-21-11-19(22)23)16(20)9-18(17)25-12-14-6-4-13(2)5-7-14/h4-9,21H,3,10-12H2,1-2H3,(H,22,23). The molecule has 0 radical (unpaired) electrons. The minimum Gasteiger partial charge on any atom is -0.490 e. The molecule has 6 heteroatoms. The van der Waals surface area contributed by atoms with E-state index in [0.29, 0.717) is 31.3 Å². The summed E-state index contributed by atoms with van der Waals surface area (Å²) in [4.78, 5) is 10.6. The predicted molar refractivity (Wildman–Crippen MR) is 100 cm³/mol. The Kier molecular flexibility index (Phi) is 7.28. The van der Waals surface area contributed by atoms with Crippen molar-refractivity contribution in [3.05, 3.63) is 57.6 Å². The number of carboxylic acids is 1. The van der Waals surface area contributed by atoms with Gasteiger partial charge in [-0.2, -0.15) is 0 Å². The van der Waals surface area contributed by atoms with Crippen molar-refractivity contribution in [1.29, 1.82) is 0 Å². The second-order valence-electron chi connectivity index (χ2n) is 5.59. The average molecular weight is 408 g/mol. The van der Waals surface area contributed by atoms with Crippen LogP contribution in [0.15, 0.2) is 40.9 Å². The Morgan fingerprint density at radius 1 is 1.16 bits per heavy atom. The topological polar surface area (TPSA) is 67.8 Å². The van der Waals surface area contributed by atoms with Crippen LogP contribution in [0.2, 0.25) is 0 Å². The van der Waals surface area contributed by atoms with Crippen LogP contribution >= 0.6 is 15.9 Å². The Morgan fingerprint density at radius 3 is 2.48 bits per heavy atom. The van der Waals surface area contributed by atoms with Gasteiger partial charge in [-0.3, -0.25) is 4.79 Å². The largest absolute Gasteiger partial charge is 0.490 e. The summed E-state index contributed by atoms with van der Waals surface area (Å²) in [6.07, 6.45) is 0. The molecule has 0 spiro atoms. The van der Waals surface area contributed by atoms with Gasteiger partial charge >= 0.3 is 5.97 Å². The molecule has 0 aliphatic carbocycles. The van der Waals surface area contributed by atoms with Gasteiger partial charge < -0.3 is 19.9 Å². The molecule has 0 bridgehead atoms. The van der Waals surface area contributed by atoms with Crippen molar-refractivity contribution < 1.29 is 19.4 Å². The Balaban J connectivity index is 2.11. The molecular weight excluding hydrogens is 386 g/mol. The van der Waals surface area contributed by atoms with E-state index in [1.807, 2.05) is 38.1 Å². The van der Waals surface area contributed by atoms with Crippen molar-refractivity contribution in [1.82, 2.24) is 5.32 Å². The Bertz CT molecular complexity index is 716. The zero-order valence-electron chi connectivity index (χ0n) is 14.3. The first-order valence-corrected chi connectivity index (χ1v) is 8.85. The summed E-state index contributed by atoms with van der Waals surface area (Å²) < 4.78 is 12.4. The number of nitrogens with one attached hydrogen (secondary N) is 1. The van der Waals surface area contributed by atoms with Gasteiger partial charge in [0.15, 0.2) is 11.5 Å². The molecule has 0 fully saturated rings. The lowest BCUT2D eigenvalue weighted by Gasteiger charge is -2.15. The lowest BCUT2D eigenvalue weighted by molar-refractivity contribution is -0.135. The molecule has 5 nitrogen and oxygen atoms in total. The smallest absolute Gasteiger partial charge is 0.317 e.